The highest BCUT2D eigenvalue weighted by Crippen LogP contribution is 2.36. The maximum absolute atomic E-state index is 11.0. The SMILES string of the molecule is CCCCCCCCCCCCCC(=O)OP(=O)(O)O.NCCO. The van der Waals surface area contributed by atoms with Gasteiger partial charge in [0.25, 0.3) is 0 Å². The number of unbranched alkanes of at least 4 members (excludes halogenated alkanes) is 10. The molecule has 0 spiro atoms. The van der Waals surface area contributed by atoms with Crippen molar-refractivity contribution in [3.05, 3.63) is 0 Å². The number of aliphatic hydroxyl groups is 1. The van der Waals surface area contributed by atoms with Crippen molar-refractivity contribution in [2.75, 3.05) is 13.2 Å². The Balaban J connectivity index is 0. The van der Waals surface area contributed by atoms with Crippen LogP contribution >= 0.6 is 7.82 Å². The molecule has 0 aliphatic heterocycles. The Labute approximate surface area is 146 Å². The Morgan fingerprint density at radius 1 is 0.917 bits per heavy atom. The Hall–Kier alpha value is -0.460. The summed E-state index contributed by atoms with van der Waals surface area (Å²) in [5, 5.41) is 7.75. The van der Waals surface area contributed by atoms with E-state index in [0.29, 0.717) is 13.0 Å². The Bertz CT molecular complexity index is 320. The zero-order valence-corrected chi connectivity index (χ0v) is 15.9. The van der Waals surface area contributed by atoms with E-state index >= 15 is 0 Å². The number of carbonyl (C=O) groups is 1. The second-order valence-electron chi connectivity index (χ2n) is 5.75. The predicted molar refractivity (Wildman–Crippen MR) is 95.4 cm³/mol. The van der Waals surface area contributed by atoms with Crippen LogP contribution in [0.2, 0.25) is 0 Å². The van der Waals surface area contributed by atoms with Gasteiger partial charge in [0.1, 0.15) is 0 Å². The largest absolute Gasteiger partial charge is 0.526 e. The van der Waals surface area contributed by atoms with E-state index in [-0.39, 0.29) is 13.0 Å². The van der Waals surface area contributed by atoms with Crippen LogP contribution in [-0.4, -0.2) is 34.0 Å². The minimum Gasteiger partial charge on any atom is -0.395 e. The third-order valence-electron chi connectivity index (χ3n) is 3.33. The summed E-state index contributed by atoms with van der Waals surface area (Å²) in [6.45, 7) is 2.69. The average molecular weight is 369 g/mol. The van der Waals surface area contributed by atoms with Crippen LogP contribution in [0.4, 0.5) is 0 Å². The van der Waals surface area contributed by atoms with Crippen molar-refractivity contribution in [1.82, 2.24) is 0 Å². The molecule has 0 aliphatic rings. The molecule has 146 valence electrons. The third kappa shape index (κ3) is 26.4. The number of phosphoric acid groups is 1. The highest BCUT2D eigenvalue weighted by molar-refractivity contribution is 7.46. The molecule has 0 fully saturated rings. The zero-order valence-electron chi connectivity index (χ0n) is 15.0. The number of hydrogen-bond acceptors (Lipinski definition) is 5. The molecule has 0 aliphatic carbocycles. The van der Waals surface area contributed by atoms with Crippen molar-refractivity contribution in [3.8, 4) is 0 Å². The predicted octanol–water partition coefficient (Wildman–Crippen LogP) is 3.26. The average Bonchev–Trinajstić information content (AvgIpc) is 2.51. The minimum atomic E-state index is -4.65. The topological polar surface area (TPSA) is 130 Å². The first-order valence-electron chi connectivity index (χ1n) is 8.96. The summed E-state index contributed by atoms with van der Waals surface area (Å²) in [7, 11) is -4.65. The standard InChI is InChI=1S/C14H29O5P.C2H7NO/c1-2-3-4-5-6-7-8-9-10-11-12-13-14(15)19-20(16,17)18;3-1-2-4/h2-13H2,1H3,(H2,16,17,18);4H,1-3H2. The molecule has 0 bridgehead atoms. The van der Waals surface area contributed by atoms with Gasteiger partial charge in [-0.25, -0.2) is 4.57 Å². The first-order valence-corrected chi connectivity index (χ1v) is 10.5. The molecule has 0 aromatic heterocycles. The molecule has 8 heteroatoms. The van der Waals surface area contributed by atoms with E-state index in [2.05, 4.69) is 11.4 Å². The van der Waals surface area contributed by atoms with Gasteiger partial charge in [-0.3, -0.25) is 14.6 Å². The third-order valence-corrected chi connectivity index (χ3v) is 3.78. The van der Waals surface area contributed by atoms with Crippen LogP contribution in [0, 0.1) is 0 Å². The normalized spacial score (nSPS) is 10.9. The van der Waals surface area contributed by atoms with Crippen LogP contribution in [0.3, 0.4) is 0 Å². The molecule has 24 heavy (non-hydrogen) atoms. The van der Waals surface area contributed by atoms with Crippen LogP contribution in [0.1, 0.15) is 84.0 Å². The van der Waals surface area contributed by atoms with Gasteiger partial charge in [0.2, 0.25) is 0 Å². The zero-order chi connectivity index (χ0) is 18.7. The lowest BCUT2D eigenvalue weighted by Crippen LogP contribution is -2.02. The fourth-order valence-electron chi connectivity index (χ4n) is 2.11. The van der Waals surface area contributed by atoms with Crippen molar-refractivity contribution >= 4 is 13.8 Å². The van der Waals surface area contributed by atoms with E-state index in [4.69, 9.17) is 20.6 Å². The molecule has 0 saturated heterocycles. The van der Waals surface area contributed by atoms with E-state index in [0.717, 1.165) is 12.8 Å². The lowest BCUT2D eigenvalue weighted by Gasteiger charge is -2.05. The first-order chi connectivity index (χ1) is 11.4. The molecule has 0 aromatic rings. The van der Waals surface area contributed by atoms with E-state index in [1.807, 2.05) is 0 Å². The molecule has 0 rings (SSSR count). The molecule has 0 saturated carbocycles. The lowest BCUT2D eigenvalue weighted by molar-refractivity contribution is -0.135. The summed E-state index contributed by atoms with van der Waals surface area (Å²) in [6, 6.07) is 0. The number of nitrogens with two attached hydrogens (primary N) is 1. The van der Waals surface area contributed by atoms with Gasteiger partial charge in [0.15, 0.2) is 0 Å². The molecule has 0 unspecified atom stereocenters. The summed E-state index contributed by atoms with van der Waals surface area (Å²) in [5.41, 5.74) is 4.78. The van der Waals surface area contributed by atoms with Crippen molar-refractivity contribution in [2.45, 2.75) is 84.0 Å². The number of rotatable bonds is 14. The van der Waals surface area contributed by atoms with E-state index in [9.17, 15) is 9.36 Å². The maximum atomic E-state index is 11.0. The highest BCUT2D eigenvalue weighted by Gasteiger charge is 2.19. The molecule has 0 atom stereocenters. The Kier molecular flexibility index (Phi) is 20.3. The molecule has 0 heterocycles. The van der Waals surface area contributed by atoms with Crippen LogP contribution < -0.4 is 5.73 Å². The van der Waals surface area contributed by atoms with Gasteiger partial charge in [0, 0.05) is 13.0 Å². The van der Waals surface area contributed by atoms with Crippen LogP contribution in [0.15, 0.2) is 0 Å². The second kappa shape index (κ2) is 18.9. The van der Waals surface area contributed by atoms with Gasteiger partial charge in [-0.15, -0.1) is 0 Å². The molecular weight excluding hydrogens is 333 g/mol. The van der Waals surface area contributed by atoms with Gasteiger partial charge in [-0.1, -0.05) is 71.1 Å². The molecule has 0 amide bonds. The van der Waals surface area contributed by atoms with Crippen molar-refractivity contribution < 1.29 is 28.8 Å². The second-order valence-corrected chi connectivity index (χ2v) is 6.92. The summed E-state index contributed by atoms with van der Waals surface area (Å²) in [6.07, 6.45) is 13.0. The van der Waals surface area contributed by atoms with E-state index in [1.54, 1.807) is 0 Å². The summed E-state index contributed by atoms with van der Waals surface area (Å²) < 4.78 is 14.4. The molecule has 7 nitrogen and oxygen atoms in total. The molecule has 0 radical (unpaired) electrons. The lowest BCUT2D eigenvalue weighted by atomic mass is 10.1. The summed E-state index contributed by atoms with van der Waals surface area (Å²) >= 11 is 0. The molecule has 5 N–H and O–H groups in total. The van der Waals surface area contributed by atoms with Gasteiger partial charge in [-0.2, -0.15) is 0 Å². The van der Waals surface area contributed by atoms with Crippen LogP contribution in [0.25, 0.3) is 0 Å². The number of carbonyl (C=O) groups excluding carboxylic acids is 1. The maximum Gasteiger partial charge on any atom is 0.526 e. The van der Waals surface area contributed by atoms with Crippen LogP contribution in [-0.2, 0) is 13.9 Å². The van der Waals surface area contributed by atoms with Gasteiger partial charge >= 0.3 is 13.8 Å². The molecular formula is C16H36NO6P. The number of phosphoric ester groups is 1. The Morgan fingerprint density at radius 2 is 1.29 bits per heavy atom. The van der Waals surface area contributed by atoms with Crippen molar-refractivity contribution in [2.24, 2.45) is 5.73 Å². The van der Waals surface area contributed by atoms with Gasteiger partial charge < -0.3 is 15.4 Å². The Morgan fingerprint density at radius 3 is 1.62 bits per heavy atom. The van der Waals surface area contributed by atoms with Crippen molar-refractivity contribution in [3.63, 3.8) is 0 Å². The number of aliphatic hydroxyl groups excluding tert-OH is 1. The summed E-state index contributed by atoms with van der Waals surface area (Å²) in [5.74, 6) is -0.811. The fraction of sp³-hybridized carbons (Fsp3) is 0.938. The fourth-order valence-corrected chi connectivity index (χ4v) is 2.47. The minimum absolute atomic E-state index is 0.0854. The van der Waals surface area contributed by atoms with Gasteiger partial charge in [0.05, 0.1) is 6.61 Å². The van der Waals surface area contributed by atoms with E-state index in [1.165, 1.54) is 51.4 Å². The van der Waals surface area contributed by atoms with Gasteiger partial charge in [-0.05, 0) is 6.42 Å². The van der Waals surface area contributed by atoms with Crippen LogP contribution in [0.5, 0.6) is 0 Å². The highest BCUT2D eigenvalue weighted by atomic mass is 31.2. The monoisotopic (exact) mass is 369 g/mol. The quantitative estimate of drug-likeness (QED) is 0.273. The van der Waals surface area contributed by atoms with Crippen molar-refractivity contribution in [1.29, 1.82) is 0 Å². The smallest absolute Gasteiger partial charge is 0.395 e. The van der Waals surface area contributed by atoms with E-state index < -0.39 is 13.8 Å². The number of hydrogen-bond donors (Lipinski definition) is 4. The summed E-state index contributed by atoms with van der Waals surface area (Å²) in [4.78, 5) is 27.9. The molecule has 0 aromatic carbocycles. The first kappa shape index (κ1) is 25.8.